The summed E-state index contributed by atoms with van der Waals surface area (Å²) in [6.45, 7) is 1.94. The third kappa shape index (κ3) is 2.00. The molecule has 6 heteroatoms. The van der Waals surface area contributed by atoms with Crippen LogP contribution < -0.4 is 5.32 Å². The van der Waals surface area contributed by atoms with Gasteiger partial charge in [-0.15, -0.1) is 0 Å². The largest absolute Gasteiger partial charge is 0.311 e. The van der Waals surface area contributed by atoms with Crippen LogP contribution in [0.15, 0.2) is 6.20 Å². The minimum absolute atomic E-state index is 0.0404. The lowest BCUT2D eigenvalue weighted by molar-refractivity contribution is 0.597. The molecule has 1 aromatic heterocycles. The molecule has 0 bridgehead atoms. The molecule has 15 heavy (non-hydrogen) atoms. The molecule has 0 saturated carbocycles. The van der Waals surface area contributed by atoms with E-state index in [0.717, 1.165) is 5.56 Å². The molecule has 1 aromatic rings. The van der Waals surface area contributed by atoms with Crippen molar-refractivity contribution in [1.82, 2.24) is 15.3 Å². The summed E-state index contributed by atoms with van der Waals surface area (Å²) >= 11 is 0. The second-order valence-corrected chi connectivity index (χ2v) is 5.81. The van der Waals surface area contributed by atoms with Crippen LogP contribution in [0, 0.1) is 0 Å². The molecule has 5 nitrogen and oxygen atoms in total. The molecule has 82 valence electrons. The number of aromatic nitrogens is 2. The van der Waals surface area contributed by atoms with Crippen molar-refractivity contribution in [1.29, 1.82) is 0 Å². The highest BCUT2D eigenvalue weighted by molar-refractivity contribution is 7.90. The second-order valence-electron chi connectivity index (χ2n) is 3.74. The Hall–Kier alpha value is -1.01. The van der Waals surface area contributed by atoms with E-state index in [4.69, 9.17) is 0 Å². The molecule has 0 aliphatic carbocycles. The smallest absolute Gasteiger partial charge is 0.160 e. The first-order valence-corrected chi connectivity index (χ1v) is 6.56. The first kappa shape index (κ1) is 10.5. The van der Waals surface area contributed by atoms with Gasteiger partial charge < -0.3 is 5.32 Å². The summed E-state index contributed by atoms with van der Waals surface area (Å²) < 4.78 is 22.7. The molecular weight excluding hydrogens is 214 g/mol. The van der Waals surface area contributed by atoms with Crippen molar-refractivity contribution >= 4 is 9.84 Å². The van der Waals surface area contributed by atoms with Gasteiger partial charge in [0, 0.05) is 11.8 Å². The Kier molecular flexibility index (Phi) is 2.47. The number of nitrogens with zero attached hydrogens (tertiary/aromatic N) is 2. The Morgan fingerprint density at radius 1 is 1.47 bits per heavy atom. The van der Waals surface area contributed by atoms with Crippen molar-refractivity contribution in [3.8, 4) is 0 Å². The summed E-state index contributed by atoms with van der Waals surface area (Å²) in [7, 11) is -1.16. The Labute approximate surface area is 88.9 Å². The van der Waals surface area contributed by atoms with Gasteiger partial charge in [-0.3, -0.25) is 0 Å². The van der Waals surface area contributed by atoms with Crippen LogP contribution in [0.2, 0.25) is 0 Å². The first-order chi connectivity index (χ1) is 7.02. The number of rotatable bonds is 2. The van der Waals surface area contributed by atoms with Crippen LogP contribution in [0.1, 0.15) is 30.0 Å². The Morgan fingerprint density at radius 2 is 2.20 bits per heavy atom. The van der Waals surface area contributed by atoms with E-state index in [1.807, 2.05) is 14.0 Å². The normalized spacial score (nSPS) is 19.9. The number of fused-ring (bicyclic) bond motifs is 1. The molecule has 1 aliphatic heterocycles. The van der Waals surface area contributed by atoms with Crippen molar-refractivity contribution in [3.05, 3.63) is 23.3 Å². The lowest BCUT2D eigenvalue weighted by Crippen LogP contribution is -2.16. The zero-order valence-corrected chi connectivity index (χ0v) is 9.50. The third-order valence-electron chi connectivity index (χ3n) is 2.53. The van der Waals surface area contributed by atoms with Crippen molar-refractivity contribution in [2.45, 2.75) is 24.5 Å². The van der Waals surface area contributed by atoms with Crippen molar-refractivity contribution in [3.63, 3.8) is 0 Å². The van der Waals surface area contributed by atoms with Gasteiger partial charge in [-0.2, -0.15) is 0 Å². The highest BCUT2D eigenvalue weighted by Crippen LogP contribution is 2.23. The molecule has 1 N–H and O–H groups in total. The molecular formula is C9H13N3O2S. The molecule has 2 rings (SSSR count). The summed E-state index contributed by atoms with van der Waals surface area (Å²) in [5, 5.41) is 3.02. The maximum Gasteiger partial charge on any atom is 0.160 e. The van der Waals surface area contributed by atoms with Gasteiger partial charge in [0.1, 0.15) is 5.82 Å². The van der Waals surface area contributed by atoms with E-state index >= 15 is 0 Å². The minimum atomic E-state index is -2.98. The lowest BCUT2D eigenvalue weighted by Gasteiger charge is -2.08. The van der Waals surface area contributed by atoms with Crippen molar-refractivity contribution < 1.29 is 8.42 Å². The van der Waals surface area contributed by atoms with Gasteiger partial charge >= 0.3 is 0 Å². The van der Waals surface area contributed by atoms with Crippen LogP contribution in [-0.4, -0.2) is 25.4 Å². The van der Waals surface area contributed by atoms with Gasteiger partial charge in [-0.1, -0.05) is 0 Å². The summed E-state index contributed by atoms with van der Waals surface area (Å²) in [6, 6.07) is 0.0404. The third-order valence-corrected chi connectivity index (χ3v) is 3.99. The number of hydrogen-bond donors (Lipinski definition) is 1. The summed E-state index contributed by atoms with van der Waals surface area (Å²) in [5.41, 5.74) is 1.39. The van der Waals surface area contributed by atoms with E-state index in [-0.39, 0.29) is 17.5 Å². The number of nitrogens with one attached hydrogen (secondary N) is 1. The van der Waals surface area contributed by atoms with Gasteiger partial charge in [0.2, 0.25) is 0 Å². The summed E-state index contributed by atoms with van der Waals surface area (Å²) in [5.74, 6) is 0.776. The van der Waals surface area contributed by atoms with E-state index in [1.54, 1.807) is 6.20 Å². The van der Waals surface area contributed by atoms with Crippen LogP contribution in [-0.2, 0) is 21.3 Å². The minimum Gasteiger partial charge on any atom is -0.311 e. The molecule has 0 amide bonds. The van der Waals surface area contributed by atoms with Gasteiger partial charge in [-0.05, 0) is 14.0 Å². The van der Waals surface area contributed by atoms with Crippen LogP contribution in [0.3, 0.4) is 0 Å². The van der Waals surface area contributed by atoms with Gasteiger partial charge in [0.05, 0.1) is 23.2 Å². The fourth-order valence-corrected chi connectivity index (χ4v) is 3.02. The summed E-state index contributed by atoms with van der Waals surface area (Å²) in [6.07, 6.45) is 1.62. The molecule has 0 saturated heterocycles. The second kappa shape index (κ2) is 3.53. The molecule has 0 fully saturated rings. The average Bonchev–Trinajstić information content (AvgIpc) is 2.49. The van der Waals surface area contributed by atoms with Crippen molar-refractivity contribution in [2.24, 2.45) is 0 Å². The Bertz CT molecular complexity index is 484. The molecule has 0 spiro atoms. The number of sulfone groups is 1. The predicted molar refractivity (Wildman–Crippen MR) is 55.8 cm³/mol. The highest BCUT2D eigenvalue weighted by atomic mass is 32.2. The van der Waals surface area contributed by atoms with Crippen LogP contribution >= 0.6 is 0 Å². The van der Waals surface area contributed by atoms with Crippen molar-refractivity contribution in [2.75, 3.05) is 7.05 Å². The van der Waals surface area contributed by atoms with Crippen LogP contribution in [0.4, 0.5) is 0 Å². The number of hydrogen-bond acceptors (Lipinski definition) is 5. The molecule has 0 radical (unpaired) electrons. The Balaban J connectivity index is 2.38. The standard InChI is InChI=1S/C9H13N3O2S/c1-6(10-2)9-11-3-7-4-15(13,14)5-8(7)12-9/h3,6,10H,4-5H2,1-2H3. The molecule has 1 aliphatic rings. The highest BCUT2D eigenvalue weighted by Gasteiger charge is 2.27. The van der Waals surface area contributed by atoms with E-state index in [2.05, 4.69) is 15.3 Å². The fourth-order valence-electron chi connectivity index (χ4n) is 1.54. The zero-order chi connectivity index (χ0) is 11.1. The van der Waals surface area contributed by atoms with E-state index in [9.17, 15) is 8.42 Å². The van der Waals surface area contributed by atoms with E-state index in [0.29, 0.717) is 11.5 Å². The SMILES string of the molecule is CNC(C)c1ncc2c(n1)CS(=O)(=O)C2. The van der Waals surface area contributed by atoms with E-state index < -0.39 is 9.84 Å². The maximum atomic E-state index is 11.4. The van der Waals surface area contributed by atoms with Gasteiger partial charge in [-0.25, -0.2) is 18.4 Å². The first-order valence-electron chi connectivity index (χ1n) is 4.74. The Morgan fingerprint density at radius 3 is 2.87 bits per heavy atom. The molecule has 1 unspecified atom stereocenters. The zero-order valence-electron chi connectivity index (χ0n) is 8.69. The topological polar surface area (TPSA) is 72.0 Å². The van der Waals surface area contributed by atoms with Crippen LogP contribution in [0.5, 0.6) is 0 Å². The summed E-state index contributed by atoms with van der Waals surface area (Å²) in [4.78, 5) is 8.42. The fraction of sp³-hybridized carbons (Fsp3) is 0.556. The predicted octanol–water partition coefficient (Wildman–Crippen LogP) is 0.185. The molecule has 1 atom stereocenters. The molecule has 0 aromatic carbocycles. The van der Waals surface area contributed by atoms with E-state index in [1.165, 1.54) is 0 Å². The van der Waals surface area contributed by atoms with Crippen LogP contribution in [0.25, 0.3) is 0 Å². The maximum absolute atomic E-state index is 11.4. The molecule has 2 heterocycles. The van der Waals surface area contributed by atoms with Gasteiger partial charge in [0.25, 0.3) is 0 Å². The monoisotopic (exact) mass is 227 g/mol. The van der Waals surface area contributed by atoms with Gasteiger partial charge in [0.15, 0.2) is 9.84 Å². The lowest BCUT2D eigenvalue weighted by atomic mass is 10.2. The average molecular weight is 227 g/mol. The quantitative estimate of drug-likeness (QED) is 0.780.